The molecule has 3 unspecified atom stereocenters. The third-order valence-electron chi connectivity index (χ3n) is 15.9. The first-order valence-corrected chi connectivity index (χ1v) is 21.6. The number of carbonyl (C=O) groups excluding carboxylic acids is 3. The first kappa shape index (κ1) is 45.2. The highest BCUT2D eigenvalue weighted by Crippen LogP contribution is 2.66. The third kappa shape index (κ3) is 8.41. The van der Waals surface area contributed by atoms with E-state index >= 15 is 0 Å². The molecular weight excluding hydrogens is 716 g/mol. The molecule has 4 aliphatic carbocycles. The Kier molecular flexibility index (Phi) is 13.7. The number of cyclic esters (lactones) is 1. The van der Waals surface area contributed by atoms with Gasteiger partial charge in [0.25, 0.3) is 0 Å². The molecule has 1 amide bonds. The summed E-state index contributed by atoms with van der Waals surface area (Å²) in [5, 5.41) is 72.2. The minimum Gasteiger partial charge on any atom is -0.459 e. The van der Waals surface area contributed by atoms with Gasteiger partial charge in [0.15, 0.2) is 0 Å². The zero-order valence-electron chi connectivity index (χ0n) is 35.5. The number of amides is 1. The lowest BCUT2D eigenvalue weighted by atomic mass is 9.46. The maximum Gasteiger partial charge on any atom is 0.311 e. The number of nitrogens with one attached hydrogen (secondary N) is 1. The van der Waals surface area contributed by atoms with Gasteiger partial charge in [-0.3, -0.25) is 19.3 Å². The summed E-state index contributed by atoms with van der Waals surface area (Å²) in [4.78, 5) is 41.5. The standard InChI is InChI=1S/C44H74N2O10/c1-10-34-44(9,55)38(51)27(5)46(23-24(2)21-43(8,54)37(50)25(3)36(49)26(4)40(53)56-34)19-11-18-45-39(52)32-15-14-31-30-13-12-28-20-29(47)16-17-41(28,6)35(30)33(48)22-42(31,32)7/h12,24-27,30-38,48-51,54-55H,10-11,13-23H2,1-9H3,(H,45,52)/t24-,25+,26-,27-,30?,31?,32-,33+,34-,35?,36+,37-,38-,41+,42+,43-,44-/m1/s1. The molecule has 0 aromatic heterocycles. The monoisotopic (exact) mass is 791 g/mol. The molecule has 1 aliphatic heterocycles. The second-order valence-corrected chi connectivity index (χ2v) is 19.9. The van der Waals surface area contributed by atoms with Crippen LogP contribution >= 0.6 is 0 Å². The third-order valence-corrected chi connectivity index (χ3v) is 15.9. The molecule has 1 saturated heterocycles. The van der Waals surface area contributed by atoms with E-state index < -0.39 is 65.6 Å². The van der Waals surface area contributed by atoms with E-state index in [1.54, 1.807) is 20.8 Å². The molecule has 12 heteroatoms. The fourth-order valence-electron chi connectivity index (χ4n) is 12.5. The molecule has 0 aromatic carbocycles. The molecule has 0 bridgehead atoms. The van der Waals surface area contributed by atoms with E-state index in [0.29, 0.717) is 51.2 Å². The van der Waals surface area contributed by atoms with Gasteiger partial charge >= 0.3 is 5.97 Å². The number of hydrogen-bond donors (Lipinski definition) is 7. The van der Waals surface area contributed by atoms with Crippen LogP contribution in [0, 0.1) is 52.3 Å². The molecule has 0 aromatic rings. The highest BCUT2D eigenvalue weighted by molar-refractivity contribution is 5.83. The highest BCUT2D eigenvalue weighted by atomic mass is 16.6. The van der Waals surface area contributed by atoms with Crippen LogP contribution in [0.15, 0.2) is 11.6 Å². The summed E-state index contributed by atoms with van der Waals surface area (Å²) >= 11 is 0. The van der Waals surface area contributed by atoms with Crippen LogP contribution in [0.4, 0.5) is 0 Å². The predicted molar refractivity (Wildman–Crippen MR) is 212 cm³/mol. The van der Waals surface area contributed by atoms with Crippen LogP contribution in [-0.4, -0.2) is 121 Å². The smallest absolute Gasteiger partial charge is 0.311 e. The first-order chi connectivity index (χ1) is 26.0. The molecule has 5 aliphatic rings. The van der Waals surface area contributed by atoms with Crippen LogP contribution in [0.2, 0.25) is 0 Å². The van der Waals surface area contributed by atoms with Crippen molar-refractivity contribution in [1.29, 1.82) is 0 Å². The number of allylic oxidation sites excluding steroid dienone is 2. The Hall–Kier alpha value is -1.93. The average Bonchev–Trinajstić information content (AvgIpc) is 3.48. The number of ketones is 1. The second-order valence-electron chi connectivity index (χ2n) is 19.9. The van der Waals surface area contributed by atoms with E-state index in [2.05, 4.69) is 25.2 Å². The minimum atomic E-state index is -1.85. The summed E-state index contributed by atoms with van der Waals surface area (Å²) in [6.07, 6.45) is 2.48. The van der Waals surface area contributed by atoms with Crippen molar-refractivity contribution in [2.45, 2.75) is 174 Å². The van der Waals surface area contributed by atoms with Crippen molar-refractivity contribution in [2.24, 2.45) is 52.3 Å². The molecular formula is C44H74N2O10. The van der Waals surface area contributed by atoms with Crippen LogP contribution in [0.25, 0.3) is 0 Å². The van der Waals surface area contributed by atoms with Crippen molar-refractivity contribution >= 4 is 17.7 Å². The van der Waals surface area contributed by atoms with Gasteiger partial charge in [0.2, 0.25) is 5.91 Å². The van der Waals surface area contributed by atoms with Crippen LogP contribution in [-0.2, 0) is 19.1 Å². The van der Waals surface area contributed by atoms with Crippen molar-refractivity contribution in [3.63, 3.8) is 0 Å². The van der Waals surface area contributed by atoms with E-state index in [1.807, 2.05) is 11.8 Å². The number of aliphatic hydroxyl groups is 6. The Bertz CT molecular complexity index is 1470. The van der Waals surface area contributed by atoms with E-state index in [9.17, 15) is 45.0 Å². The highest BCUT2D eigenvalue weighted by Gasteiger charge is 2.63. The number of rotatable bonds is 6. The van der Waals surface area contributed by atoms with Crippen LogP contribution in [0.1, 0.15) is 127 Å². The maximum absolute atomic E-state index is 14.0. The normalized spacial score (nSPS) is 48.3. The Balaban J connectivity index is 1.28. The van der Waals surface area contributed by atoms with Crippen molar-refractivity contribution < 1.29 is 49.8 Å². The second kappa shape index (κ2) is 17.0. The summed E-state index contributed by atoms with van der Waals surface area (Å²) in [6.45, 7) is 17.2. The quantitative estimate of drug-likeness (QED) is 0.118. The van der Waals surface area contributed by atoms with E-state index in [0.717, 1.165) is 25.7 Å². The van der Waals surface area contributed by atoms with Gasteiger partial charge in [-0.15, -0.1) is 0 Å². The molecule has 1 heterocycles. The summed E-state index contributed by atoms with van der Waals surface area (Å²) < 4.78 is 5.72. The van der Waals surface area contributed by atoms with Gasteiger partial charge in [0.1, 0.15) is 23.6 Å². The lowest BCUT2D eigenvalue weighted by Crippen LogP contribution is -2.59. The largest absolute Gasteiger partial charge is 0.459 e. The van der Waals surface area contributed by atoms with Crippen LogP contribution in [0.5, 0.6) is 0 Å². The maximum atomic E-state index is 14.0. The predicted octanol–water partition coefficient (Wildman–Crippen LogP) is 3.52. The summed E-state index contributed by atoms with van der Waals surface area (Å²) in [6, 6.07) is -0.627. The molecule has 320 valence electrons. The van der Waals surface area contributed by atoms with Gasteiger partial charge in [0.05, 0.1) is 29.8 Å². The fraction of sp³-hybridized carbons (Fsp3) is 0.886. The van der Waals surface area contributed by atoms with E-state index in [4.69, 9.17) is 4.74 Å². The van der Waals surface area contributed by atoms with Crippen LogP contribution in [0.3, 0.4) is 0 Å². The first-order valence-electron chi connectivity index (χ1n) is 21.6. The molecule has 5 rings (SSSR count). The Morgan fingerprint density at radius 1 is 0.982 bits per heavy atom. The topological polar surface area (TPSA) is 197 Å². The molecule has 0 radical (unpaired) electrons. The van der Waals surface area contributed by atoms with Gasteiger partial charge in [-0.25, -0.2) is 0 Å². The van der Waals surface area contributed by atoms with Crippen molar-refractivity contribution in [3.8, 4) is 0 Å². The zero-order valence-corrected chi connectivity index (χ0v) is 35.5. The van der Waals surface area contributed by atoms with Gasteiger partial charge in [-0.05, 0) is 114 Å². The lowest BCUT2D eigenvalue weighted by molar-refractivity contribution is -0.193. The van der Waals surface area contributed by atoms with Gasteiger partial charge in [0, 0.05) is 50.4 Å². The SMILES string of the molecule is CC[C@H]1OC(=O)[C@H](C)[C@@H](O)[C@H](C)[C@@H](O)[C@](C)(O)C[C@@H](C)CN(CCCNC(=O)[C@H]2CCC3C4CC=C5CC(=O)CC[C@]5(C)C4[C@@H](O)C[C@@]32C)[C@H](C)[C@@H](O)[C@]1(C)O. The molecule has 0 spiro atoms. The Morgan fingerprint density at radius 3 is 2.32 bits per heavy atom. The van der Waals surface area contributed by atoms with Crippen LogP contribution < -0.4 is 5.32 Å². The molecule has 12 nitrogen and oxygen atoms in total. The zero-order chi connectivity index (χ0) is 41.7. The fourth-order valence-corrected chi connectivity index (χ4v) is 12.5. The summed E-state index contributed by atoms with van der Waals surface area (Å²) in [7, 11) is 0. The number of Topliss-reactive ketones (excluding diaryl/α,β-unsaturated/α-hetero) is 1. The summed E-state index contributed by atoms with van der Waals surface area (Å²) in [5.74, 6) is -2.17. The number of nitrogens with zero attached hydrogens (tertiary/aromatic N) is 1. The number of esters is 1. The number of hydrogen-bond acceptors (Lipinski definition) is 11. The van der Waals surface area contributed by atoms with E-state index in [1.165, 1.54) is 26.3 Å². The van der Waals surface area contributed by atoms with Gasteiger partial charge in [-0.2, -0.15) is 0 Å². The Labute approximate surface area is 334 Å². The number of fused-ring (bicyclic) bond motifs is 5. The lowest BCUT2D eigenvalue weighted by Gasteiger charge is -2.59. The van der Waals surface area contributed by atoms with Crippen molar-refractivity contribution in [1.82, 2.24) is 10.2 Å². The van der Waals surface area contributed by atoms with Crippen molar-refractivity contribution in [2.75, 3.05) is 19.6 Å². The molecule has 4 fully saturated rings. The van der Waals surface area contributed by atoms with E-state index in [-0.39, 0.29) is 59.0 Å². The number of aliphatic hydroxyl groups excluding tert-OH is 4. The average molecular weight is 791 g/mol. The van der Waals surface area contributed by atoms with Gasteiger partial charge in [-0.1, -0.05) is 46.3 Å². The number of ether oxygens (including phenoxy) is 1. The Morgan fingerprint density at radius 2 is 1.66 bits per heavy atom. The minimum absolute atomic E-state index is 0.00760. The molecule has 17 atom stereocenters. The summed E-state index contributed by atoms with van der Waals surface area (Å²) in [5.41, 5.74) is -2.76. The molecule has 3 saturated carbocycles. The molecule has 7 N–H and O–H groups in total. The number of carbonyl (C=O) groups is 3. The molecule has 56 heavy (non-hydrogen) atoms. The van der Waals surface area contributed by atoms with Gasteiger partial charge < -0.3 is 40.7 Å². The van der Waals surface area contributed by atoms with Crippen molar-refractivity contribution in [3.05, 3.63) is 11.6 Å².